The Kier molecular flexibility index (Phi) is 6.77. The van der Waals surface area contributed by atoms with E-state index in [0.29, 0.717) is 29.2 Å². The van der Waals surface area contributed by atoms with E-state index in [0.717, 1.165) is 25.7 Å². The first-order valence-corrected chi connectivity index (χ1v) is 11.7. The number of nitrogens with one attached hydrogen (secondary N) is 1. The third-order valence-corrected chi connectivity index (χ3v) is 6.19. The Morgan fingerprint density at radius 3 is 2.74 bits per heavy atom. The molecule has 3 aromatic rings. The highest BCUT2D eigenvalue weighted by molar-refractivity contribution is 5.84. The second kappa shape index (κ2) is 9.97. The molecule has 5 atom stereocenters. The molecule has 0 bridgehead atoms. The number of imidazole rings is 1. The van der Waals surface area contributed by atoms with Gasteiger partial charge in [0.1, 0.15) is 12.2 Å². The van der Waals surface area contributed by atoms with Crippen molar-refractivity contribution in [3.63, 3.8) is 0 Å². The number of hydrogen-bond donors (Lipinski definition) is 5. The van der Waals surface area contributed by atoms with Gasteiger partial charge in [-0.2, -0.15) is 15.1 Å². The van der Waals surface area contributed by atoms with Crippen molar-refractivity contribution < 1.29 is 29.9 Å². The van der Waals surface area contributed by atoms with E-state index in [1.165, 1.54) is 21.7 Å². The van der Waals surface area contributed by atoms with Crippen molar-refractivity contribution in [3.05, 3.63) is 30.4 Å². The predicted molar refractivity (Wildman–Crippen MR) is 123 cm³/mol. The Morgan fingerprint density at radius 2 is 2.03 bits per heavy atom. The number of anilines is 1. The van der Waals surface area contributed by atoms with E-state index in [9.17, 15) is 20.4 Å². The Balaban J connectivity index is 1.52. The maximum absolute atomic E-state index is 10.4. The van der Waals surface area contributed by atoms with Crippen LogP contribution in [0.25, 0.3) is 23.2 Å². The van der Waals surface area contributed by atoms with Crippen molar-refractivity contribution in [3.8, 4) is 5.95 Å². The number of ether oxygens (including phenoxy) is 2. The van der Waals surface area contributed by atoms with Gasteiger partial charge in [-0.1, -0.05) is 18.9 Å². The Labute approximate surface area is 200 Å². The van der Waals surface area contributed by atoms with E-state index >= 15 is 0 Å². The standard InChI is InChI=1S/C22H29N7O6/c1-2-34-14(30)8-7-12-9-24-29(10-12)22-26-18(25-13-5-3-4-6-13)15-19(27-22)28(11-23-15)20-16(31)17(32)21(33)35-20/h7-11,13-14,16-17,20-21,30-33H,2-6H2,1H3,(H,25,26,27)/b8-7+/t14?,16-,17+,20-,21?/m1/s1. The quantitative estimate of drug-likeness (QED) is 0.277. The molecule has 5 rings (SSSR count). The van der Waals surface area contributed by atoms with Gasteiger partial charge in [0, 0.05) is 24.4 Å². The first kappa shape index (κ1) is 23.8. The number of rotatable bonds is 8. The van der Waals surface area contributed by atoms with Gasteiger partial charge in [-0.3, -0.25) is 4.57 Å². The maximum Gasteiger partial charge on any atom is 0.254 e. The summed E-state index contributed by atoms with van der Waals surface area (Å²) in [5, 5.41) is 47.7. The van der Waals surface area contributed by atoms with Crippen LogP contribution in [0.1, 0.15) is 44.4 Å². The smallest absolute Gasteiger partial charge is 0.254 e. The van der Waals surface area contributed by atoms with Crippen molar-refractivity contribution >= 4 is 23.1 Å². The molecule has 2 unspecified atom stereocenters. The largest absolute Gasteiger partial charge is 0.385 e. The summed E-state index contributed by atoms with van der Waals surface area (Å²) in [6.07, 6.45) is 5.76. The topological polar surface area (TPSA) is 173 Å². The molecule has 1 saturated heterocycles. The molecule has 13 heteroatoms. The lowest BCUT2D eigenvalue weighted by Crippen LogP contribution is -2.31. The number of nitrogens with zero attached hydrogens (tertiary/aromatic N) is 6. The van der Waals surface area contributed by atoms with Crippen molar-refractivity contribution in [2.75, 3.05) is 11.9 Å². The van der Waals surface area contributed by atoms with E-state index in [1.807, 2.05) is 0 Å². The minimum atomic E-state index is -1.53. The van der Waals surface area contributed by atoms with Crippen molar-refractivity contribution in [1.82, 2.24) is 29.3 Å². The molecule has 1 aliphatic carbocycles. The molecule has 4 heterocycles. The normalized spacial score (nSPS) is 26.3. The predicted octanol–water partition coefficient (Wildman–Crippen LogP) is 0.304. The van der Waals surface area contributed by atoms with E-state index < -0.39 is 31.0 Å². The van der Waals surface area contributed by atoms with Crippen LogP contribution < -0.4 is 5.32 Å². The first-order valence-electron chi connectivity index (χ1n) is 11.7. The van der Waals surface area contributed by atoms with E-state index in [-0.39, 0.29) is 12.0 Å². The van der Waals surface area contributed by atoms with Crippen LogP contribution >= 0.6 is 0 Å². The van der Waals surface area contributed by atoms with Gasteiger partial charge in [0.15, 0.2) is 35.8 Å². The minimum Gasteiger partial charge on any atom is -0.385 e. The molecule has 1 saturated carbocycles. The lowest BCUT2D eigenvalue weighted by Gasteiger charge is -2.17. The number of aromatic nitrogens is 6. The molecule has 2 fully saturated rings. The minimum absolute atomic E-state index is 0.248. The second-order valence-corrected chi connectivity index (χ2v) is 8.64. The number of hydrogen-bond acceptors (Lipinski definition) is 11. The van der Waals surface area contributed by atoms with Crippen LogP contribution in [0.2, 0.25) is 0 Å². The zero-order chi connectivity index (χ0) is 24.5. The lowest BCUT2D eigenvalue weighted by molar-refractivity contribution is -0.141. The van der Waals surface area contributed by atoms with Crippen molar-refractivity contribution in [2.45, 2.75) is 69.7 Å². The van der Waals surface area contributed by atoms with Gasteiger partial charge < -0.3 is 35.2 Å². The fourth-order valence-corrected chi connectivity index (χ4v) is 4.38. The Morgan fingerprint density at radius 1 is 1.23 bits per heavy atom. The molecule has 13 nitrogen and oxygen atoms in total. The maximum atomic E-state index is 10.4. The third-order valence-electron chi connectivity index (χ3n) is 6.19. The average molecular weight is 488 g/mol. The van der Waals surface area contributed by atoms with Crippen LogP contribution in [0.3, 0.4) is 0 Å². The average Bonchev–Trinajstić information content (AvgIpc) is 3.64. The second-order valence-electron chi connectivity index (χ2n) is 8.64. The van der Waals surface area contributed by atoms with E-state index in [1.54, 1.807) is 25.4 Å². The molecule has 0 spiro atoms. The summed E-state index contributed by atoms with van der Waals surface area (Å²) in [6.45, 7) is 2.18. The van der Waals surface area contributed by atoms with Gasteiger partial charge in [0.05, 0.1) is 12.5 Å². The summed E-state index contributed by atoms with van der Waals surface area (Å²) in [7, 11) is 0. The molecule has 1 aliphatic heterocycles. The van der Waals surface area contributed by atoms with Crippen LogP contribution in [0, 0.1) is 0 Å². The summed E-state index contributed by atoms with van der Waals surface area (Å²) in [4.78, 5) is 13.7. The Hall–Kier alpha value is -2.94. The highest BCUT2D eigenvalue weighted by Crippen LogP contribution is 2.32. The van der Waals surface area contributed by atoms with Crippen LogP contribution in [0.4, 0.5) is 5.82 Å². The van der Waals surface area contributed by atoms with Gasteiger partial charge in [0.2, 0.25) is 0 Å². The summed E-state index contributed by atoms with van der Waals surface area (Å²) < 4.78 is 13.4. The third kappa shape index (κ3) is 4.78. The molecule has 35 heavy (non-hydrogen) atoms. The van der Waals surface area contributed by atoms with E-state index in [4.69, 9.17) is 9.47 Å². The van der Waals surface area contributed by atoms with Crippen LogP contribution in [-0.4, -0.2) is 87.2 Å². The van der Waals surface area contributed by atoms with Gasteiger partial charge in [-0.25, -0.2) is 9.67 Å². The van der Waals surface area contributed by atoms with Gasteiger partial charge in [-0.05, 0) is 25.8 Å². The highest BCUT2D eigenvalue weighted by Gasteiger charge is 2.43. The van der Waals surface area contributed by atoms with Crippen molar-refractivity contribution in [1.29, 1.82) is 0 Å². The summed E-state index contributed by atoms with van der Waals surface area (Å²) in [5.74, 6) is 0.766. The molecule has 5 N–H and O–H groups in total. The van der Waals surface area contributed by atoms with Gasteiger partial charge in [0.25, 0.3) is 5.95 Å². The summed E-state index contributed by atoms with van der Waals surface area (Å²) in [5.41, 5.74) is 1.52. The monoisotopic (exact) mass is 487 g/mol. The van der Waals surface area contributed by atoms with Gasteiger partial charge >= 0.3 is 0 Å². The number of aliphatic hydroxyl groups excluding tert-OH is 4. The van der Waals surface area contributed by atoms with E-state index in [2.05, 4.69) is 25.4 Å². The molecular weight excluding hydrogens is 458 g/mol. The highest BCUT2D eigenvalue weighted by atomic mass is 16.7. The van der Waals surface area contributed by atoms with Crippen LogP contribution in [0.15, 0.2) is 24.8 Å². The SMILES string of the molecule is CCOC(O)/C=C/c1cnn(-c2nc(NC3CCCC3)c3ncn([C@@H]4OC(O)[C@@H](O)[C@H]4O)c3n2)c1. The lowest BCUT2D eigenvalue weighted by atomic mass is 10.2. The molecule has 188 valence electrons. The zero-order valence-corrected chi connectivity index (χ0v) is 19.2. The first-order chi connectivity index (χ1) is 16.9. The zero-order valence-electron chi connectivity index (χ0n) is 19.2. The van der Waals surface area contributed by atoms with Gasteiger partial charge in [-0.15, -0.1) is 0 Å². The molecule has 2 aliphatic rings. The number of fused-ring (bicyclic) bond motifs is 1. The molecular formula is C22H29N7O6. The fraction of sp³-hybridized carbons (Fsp3) is 0.545. The van der Waals surface area contributed by atoms with Crippen LogP contribution in [0.5, 0.6) is 0 Å². The van der Waals surface area contributed by atoms with Crippen LogP contribution in [-0.2, 0) is 9.47 Å². The molecule has 3 aromatic heterocycles. The summed E-state index contributed by atoms with van der Waals surface area (Å²) in [6, 6.07) is 0.249. The fourth-order valence-electron chi connectivity index (χ4n) is 4.38. The Bertz CT molecular complexity index is 1190. The van der Waals surface area contributed by atoms with Crippen molar-refractivity contribution in [2.24, 2.45) is 0 Å². The summed E-state index contributed by atoms with van der Waals surface area (Å²) >= 11 is 0. The number of aliphatic hydroxyl groups is 4. The molecule has 0 radical (unpaired) electrons. The molecule has 0 amide bonds. The molecule has 0 aromatic carbocycles.